The first kappa shape index (κ1) is 18.5. The first-order chi connectivity index (χ1) is 12.6. The van der Waals surface area contributed by atoms with Crippen molar-refractivity contribution in [1.82, 2.24) is 10.3 Å². The monoisotopic (exact) mass is 375 g/mol. The zero-order chi connectivity index (χ0) is 18.5. The lowest BCUT2D eigenvalue weighted by molar-refractivity contribution is 0.249. The molecular formula is C19H25N3O3S. The van der Waals surface area contributed by atoms with Crippen LogP contribution in [0.2, 0.25) is 0 Å². The van der Waals surface area contributed by atoms with Crippen molar-refractivity contribution in [2.75, 3.05) is 19.5 Å². The van der Waals surface area contributed by atoms with Gasteiger partial charge in [0.1, 0.15) is 0 Å². The zero-order valence-electron chi connectivity index (χ0n) is 15.4. The minimum Gasteiger partial charge on any atom is -0.493 e. The largest absolute Gasteiger partial charge is 0.493 e. The third kappa shape index (κ3) is 4.27. The van der Waals surface area contributed by atoms with Crippen LogP contribution >= 0.6 is 11.3 Å². The van der Waals surface area contributed by atoms with Gasteiger partial charge in [-0.25, -0.2) is 9.78 Å². The lowest BCUT2D eigenvalue weighted by Gasteiger charge is -2.16. The van der Waals surface area contributed by atoms with E-state index in [1.165, 1.54) is 24.1 Å². The first-order valence-corrected chi connectivity index (χ1v) is 9.70. The van der Waals surface area contributed by atoms with Crippen molar-refractivity contribution in [2.45, 2.75) is 45.1 Å². The lowest BCUT2D eigenvalue weighted by Crippen LogP contribution is -2.31. The Morgan fingerprint density at radius 2 is 1.92 bits per heavy atom. The molecule has 1 aromatic heterocycles. The van der Waals surface area contributed by atoms with E-state index in [1.807, 2.05) is 25.1 Å². The number of fused-ring (bicyclic) bond motifs is 1. The van der Waals surface area contributed by atoms with Crippen molar-refractivity contribution < 1.29 is 14.3 Å². The highest BCUT2D eigenvalue weighted by Crippen LogP contribution is 2.31. The Labute approximate surface area is 157 Å². The average Bonchev–Trinajstić information content (AvgIpc) is 2.88. The van der Waals surface area contributed by atoms with Crippen LogP contribution in [0.25, 0.3) is 0 Å². The van der Waals surface area contributed by atoms with Gasteiger partial charge in [0.15, 0.2) is 16.6 Å². The van der Waals surface area contributed by atoms with Crippen LogP contribution in [0.1, 0.15) is 48.4 Å². The van der Waals surface area contributed by atoms with E-state index in [0.717, 1.165) is 24.1 Å². The number of aromatic nitrogens is 1. The number of hydrogen-bond acceptors (Lipinski definition) is 5. The van der Waals surface area contributed by atoms with Crippen LogP contribution < -0.4 is 20.1 Å². The number of anilines is 1. The summed E-state index contributed by atoms with van der Waals surface area (Å²) in [6.45, 7) is 1.93. The van der Waals surface area contributed by atoms with Crippen LogP contribution in [0.4, 0.5) is 9.93 Å². The molecule has 7 heteroatoms. The SMILES string of the molecule is COc1ccc(C(C)NC(=O)Nc2nc3c(s2)CCCCC3)cc1OC. The Morgan fingerprint density at radius 1 is 1.15 bits per heavy atom. The molecule has 26 heavy (non-hydrogen) atoms. The summed E-state index contributed by atoms with van der Waals surface area (Å²) in [5.41, 5.74) is 2.09. The molecule has 1 atom stereocenters. The molecule has 0 radical (unpaired) electrons. The van der Waals surface area contributed by atoms with Crippen LogP contribution in [-0.2, 0) is 12.8 Å². The number of carbonyl (C=O) groups is 1. The molecule has 0 saturated carbocycles. The number of benzene rings is 1. The Kier molecular flexibility index (Phi) is 5.98. The van der Waals surface area contributed by atoms with Gasteiger partial charge in [0.05, 0.1) is 26.0 Å². The molecule has 6 nitrogen and oxygen atoms in total. The summed E-state index contributed by atoms with van der Waals surface area (Å²) in [6, 6.07) is 5.19. The summed E-state index contributed by atoms with van der Waals surface area (Å²) in [5, 5.41) is 6.49. The smallest absolute Gasteiger partial charge is 0.321 e. The molecule has 1 aliphatic carbocycles. The number of nitrogens with one attached hydrogen (secondary N) is 2. The first-order valence-electron chi connectivity index (χ1n) is 8.88. The van der Waals surface area contributed by atoms with Crippen LogP contribution in [-0.4, -0.2) is 25.2 Å². The lowest BCUT2D eigenvalue weighted by atomic mass is 10.1. The van der Waals surface area contributed by atoms with Crippen molar-refractivity contribution in [1.29, 1.82) is 0 Å². The fourth-order valence-electron chi connectivity index (χ4n) is 3.12. The molecule has 2 N–H and O–H groups in total. The second kappa shape index (κ2) is 8.40. The van der Waals surface area contributed by atoms with Gasteiger partial charge in [0.25, 0.3) is 0 Å². The number of methoxy groups -OCH3 is 2. The fraction of sp³-hybridized carbons (Fsp3) is 0.474. The van der Waals surface area contributed by atoms with Crippen molar-refractivity contribution in [2.24, 2.45) is 0 Å². The van der Waals surface area contributed by atoms with E-state index in [1.54, 1.807) is 25.6 Å². The minimum absolute atomic E-state index is 0.174. The Bertz CT molecular complexity index is 752. The molecule has 0 bridgehead atoms. The maximum atomic E-state index is 12.3. The average molecular weight is 375 g/mol. The highest BCUT2D eigenvalue weighted by molar-refractivity contribution is 7.15. The highest BCUT2D eigenvalue weighted by Gasteiger charge is 2.17. The number of urea groups is 1. The summed E-state index contributed by atoms with van der Waals surface area (Å²) in [5.74, 6) is 1.31. The van der Waals surface area contributed by atoms with Crippen molar-refractivity contribution >= 4 is 22.5 Å². The summed E-state index contributed by atoms with van der Waals surface area (Å²) in [6.07, 6.45) is 5.72. The van der Waals surface area contributed by atoms with Gasteiger partial charge in [-0.15, -0.1) is 11.3 Å². The topological polar surface area (TPSA) is 72.5 Å². The number of aryl methyl sites for hydroxylation is 2. The molecular weight excluding hydrogens is 350 g/mol. The molecule has 1 aromatic carbocycles. The molecule has 0 saturated heterocycles. The quantitative estimate of drug-likeness (QED) is 0.764. The van der Waals surface area contributed by atoms with Gasteiger partial charge in [-0.1, -0.05) is 12.5 Å². The maximum Gasteiger partial charge on any atom is 0.321 e. The number of carbonyl (C=O) groups excluding carboxylic acids is 1. The van der Waals surface area contributed by atoms with E-state index in [2.05, 4.69) is 15.6 Å². The second-order valence-electron chi connectivity index (χ2n) is 6.38. The predicted molar refractivity (Wildman–Crippen MR) is 103 cm³/mol. The van der Waals surface area contributed by atoms with E-state index in [0.29, 0.717) is 16.6 Å². The van der Waals surface area contributed by atoms with Crippen LogP contribution in [0, 0.1) is 0 Å². The van der Waals surface area contributed by atoms with E-state index in [4.69, 9.17) is 9.47 Å². The molecule has 3 rings (SSSR count). The van der Waals surface area contributed by atoms with Crippen molar-refractivity contribution in [3.05, 3.63) is 34.3 Å². The van der Waals surface area contributed by atoms with Crippen LogP contribution in [0.5, 0.6) is 11.5 Å². The molecule has 140 valence electrons. The zero-order valence-corrected chi connectivity index (χ0v) is 16.2. The Hall–Kier alpha value is -2.28. The number of rotatable bonds is 5. The van der Waals surface area contributed by atoms with Gasteiger partial charge < -0.3 is 14.8 Å². The van der Waals surface area contributed by atoms with Crippen molar-refractivity contribution in [3.8, 4) is 11.5 Å². The summed E-state index contributed by atoms with van der Waals surface area (Å²) in [7, 11) is 3.20. The van der Waals surface area contributed by atoms with Gasteiger partial charge >= 0.3 is 6.03 Å². The van der Waals surface area contributed by atoms with Crippen LogP contribution in [0.3, 0.4) is 0 Å². The summed E-state index contributed by atoms with van der Waals surface area (Å²) >= 11 is 1.59. The minimum atomic E-state index is -0.254. The predicted octanol–water partition coefficient (Wildman–Crippen LogP) is 4.31. The third-order valence-electron chi connectivity index (χ3n) is 4.57. The third-order valence-corrected chi connectivity index (χ3v) is 5.64. The van der Waals surface area contributed by atoms with Gasteiger partial charge in [-0.05, 0) is 50.3 Å². The van der Waals surface area contributed by atoms with Gasteiger partial charge in [-0.2, -0.15) is 0 Å². The molecule has 0 spiro atoms. The normalized spacial score (nSPS) is 14.7. The summed E-state index contributed by atoms with van der Waals surface area (Å²) < 4.78 is 10.6. The molecule has 0 aliphatic heterocycles. The van der Waals surface area contributed by atoms with E-state index in [-0.39, 0.29) is 12.1 Å². The second-order valence-corrected chi connectivity index (χ2v) is 7.47. The van der Waals surface area contributed by atoms with E-state index in [9.17, 15) is 4.79 Å². The number of thiazole rings is 1. The highest BCUT2D eigenvalue weighted by atomic mass is 32.1. The van der Waals surface area contributed by atoms with E-state index < -0.39 is 0 Å². The number of ether oxygens (including phenoxy) is 2. The Morgan fingerprint density at radius 3 is 2.69 bits per heavy atom. The Balaban J connectivity index is 1.62. The van der Waals surface area contributed by atoms with Gasteiger partial charge in [-0.3, -0.25) is 5.32 Å². The molecule has 1 heterocycles. The molecule has 2 aromatic rings. The van der Waals surface area contributed by atoms with Crippen LogP contribution in [0.15, 0.2) is 18.2 Å². The molecule has 0 fully saturated rings. The fourth-order valence-corrected chi connectivity index (χ4v) is 4.16. The number of nitrogens with zero attached hydrogens (tertiary/aromatic N) is 1. The molecule has 2 amide bonds. The number of hydrogen-bond donors (Lipinski definition) is 2. The van der Waals surface area contributed by atoms with Crippen molar-refractivity contribution in [3.63, 3.8) is 0 Å². The standard InChI is InChI=1S/C19H25N3O3S/c1-12(13-9-10-15(24-2)16(11-13)25-3)20-18(23)22-19-21-14-7-5-4-6-8-17(14)26-19/h9-12H,4-8H2,1-3H3,(H2,20,21,22,23). The molecule has 1 unspecified atom stereocenters. The maximum absolute atomic E-state index is 12.3. The van der Waals surface area contributed by atoms with Gasteiger partial charge in [0.2, 0.25) is 0 Å². The molecule has 1 aliphatic rings. The van der Waals surface area contributed by atoms with Gasteiger partial charge in [0, 0.05) is 4.88 Å². The van der Waals surface area contributed by atoms with E-state index >= 15 is 0 Å². The number of amides is 2. The summed E-state index contributed by atoms with van der Waals surface area (Å²) in [4.78, 5) is 18.2.